The molecule has 1 N–H and O–H groups in total. The van der Waals surface area contributed by atoms with Crippen LogP contribution in [0.2, 0.25) is 0 Å². The van der Waals surface area contributed by atoms with Crippen LogP contribution in [0.4, 0.5) is 16.2 Å². The van der Waals surface area contributed by atoms with Crippen LogP contribution >= 0.6 is 0 Å². The van der Waals surface area contributed by atoms with E-state index in [9.17, 15) is 19.2 Å². The molecule has 1 atom stereocenters. The normalized spacial score (nSPS) is 14.8. The summed E-state index contributed by atoms with van der Waals surface area (Å²) in [7, 11) is 3.08. The van der Waals surface area contributed by atoms with Crippen molar-refractivity contribution in [3.05, 3.63) is 83.9 Å². The molecule has 0 saturated carbocycles. The van der Waals surface area contributed by atoms with Gasteiger partial charge in [0.2, 0.25) is 5.91 Å². The second kappa shape index (κ2) is 12.1. The molecule has 10 nitrogen and oxygen atoms in total. The Balaban J connectivity index is 1.54. The van der Waals surface area contributed by atoms with Crippen molar-refractivity contribution in [3.63, 3.8) is 0 Å². The Morgan fingerprint density at radius 2 is 1.44 bits per heavy atom. The van der Waals surface area contributed by atoms with Crippen molar-refractivity contribution in [2.24, 2.45) is 0 Å². The number of carbonyl (C=O) groups excluding carboxylic acids is 4. The molecule has 1 fully saturated rings. The number of esters is 1. The topological polar surface area (TPSA) is 114 Å². The summed E-state index contributed by atoms with van der Waals surface area (Å²) in [5.74, 6) is -0.184. The Morgan fingerprint density at radius 1 is 0.846 bits per heavy atom. The number of methoxy groups -OCH3 is 2. The van der Waals surface area contributed by atoms with Crippen LogP contribution in [-0.2, 0) is 20.9 Å². The van der Waals surface area contributed by atoms with Crippen LogP contribution < -0.4 is 19.7 Å². The second-order valence-electron chi connectivity index (χ2n) is 8.70. The highest BCUT2D eigenvalue weighted by Gasteiger charge is 2.46. The van der Waals surface area contributed by atoms with Crippen LogP contribution in [0.15, 0.2) is 72.8 Å². The molecular weight excluding hydrogens is 502 g/mol. The van der Waals surface area contributed by atoms with E-state index in [0.717, 1.165) is 10.5 Å². The van der Waals surface area contributed by atoms with Gasteiger partial charge in [0.05, 0.1) is 38.5 Å². The van der Waals surface area contributed by atoms with Crippen LogP contribution in [0.3, 0.4) is 0 Å². The molecule has 0 bridgehead atoms. The molecule has 1 aliphatic heterocycles. The van der Waals surface area contributed by atoms with Gasteiger partial charge in [-0.05, 0) is 73.2 Å². The SMILES string of the molecule is CCOC(=O)c1ccc(NC(=O)C[C@H]2C(=O)N(c3ccc(OC)cc3)C(=O)N2Cc2ccc(OC)cc2)cc1. The first-order chi connectivity index (χ1) is 18.8. The number of carbonyl (C=O) groups is 4. The summed E-state index contributed by atoms with van der Waals surface area (Å²) in [6.07, 6.45) is -0.257. The first-order valence-electron chi connectivity index (χ1n) is 12.3. The number of rotatable bonds is 10. The number of nitrogens with zero attached hydrogens (tertiary/aromatic N) is 2. The van der Waals surface area contributed by atoms with Gasteiger partial charge in [0.15, 0.2) is 0 Å². The second-order valence-corrected chi connectivity index (χ2v) is 8.70. The first-order valence-corrected chi connectivity index (χ1v) is 12.3. The predicted molar refractivity (Wildman–Crippen MR) is 144 cm³/mol. The smallest absolute Gasteiger partial charge is 0.338 e. The fraction of sp³-hybridized carbons (Fsp3) is 0.241. The Bertz CT molecular complexity index is 1340. The molecule has 4 rings (SSSR count). The zero-order chi connectivity index (χ0) is 27.9. The van der Waals surface area contributed by atoms with E-state index in [1.165, 1.54) is 12.0 Å². The molecule has 4 amide bonds. The van der Waals surface area contributed by atoms with Crippen molar-refractivity contribution >= 4 is 35.2 Å². The van der Waals surface area contributed by atoms with Gasteiger partial charge < -0.3 is 24.4 Å². The molecule has 0 spiro atoms. The maximum absolute atomic E-state index is 13.5. The lowest BCUT2D eigenvalue weighted by Crippen LogP contribution is -2.37. The molecule has 0 unspecified atom stereocenters. The largest absolute Gasteiger partial charge is 0.497 e. The van der Waals surface area contributed by atoms with Crippen molar-refractivity contribution in [1.82, 2.24) is 4.90 Å². The minimum Gasteiger partial charge on any atom is -0.497 e. The highest BCUT2D eigenvalue weighted by molar-refractivity contribution is 6.22. The van der Waals surface area contributed by atoms with Gasteiger partial charge in [0, 0.05) is 12.2 Å². The minimum atomic E-state index is -1.03. The number of amides is 4. The highest BCUT2D eigenvalue weighted by atomic mass is 16.5. The summed E-state index contributed by atoms with van der Waals surface area (Å²) in [5.41, 5.74) is 1.95. The molecule has 0 aromatic heterocycles. The molecule has 1 heterocycles. The highest BCUT2D eigenvalue weighted by Crippen LogP contribution is 2.30. The summed E-state index contributed by atoms with van der Waals surface area (Å²) in [4.78, 5) is 54.4. The third kappa shape index (κ3) is 6.18. The van der Waals surface area contributed by atoms with E-state index < -0.39 is 29.9 Å². The zero-order valence-electron chi connectivity index (χ0n) is 21.9. The van der Waals surface area contributed by atoms with Crippen LogP contribution in [0.5, 0.6) is 11.5 Å². The Morgan fingerprint density at radius 3 is 2.00 bits per heavy atom. The number of imide groups is 1. The van der Waals surface area contributed by atoms with Gasteiger partial charge in [-0.1, -0.05) is 12.1 Å². The summed E-state index contributed by atoms with van der Waals surface area (Å²) >= 11 is 0. The summed E-state index contributed by atoms with van der Waals surface area (Å²) < 4.78 is 15.4. The van der Waals surface area contributed by atoms with Crippen molar-refractivity contribution in [2.75, 3.05) is 31.0 Å². The Hall–Kier alpha value is -4.86. The fourth-order valence-electron chi connectivity index (χ4n) is 4.20. The van der Waals surface area contributed by atoms with E-state index in [-0.39, 0.29) is 19.6 Å². The van der Waals surface area contributed by atoms with Gasteiger partial charge in [0.1, 0.15) is 17.5 Å². The third-order valence-corrected chi connectivity index (χ3v) is 6.22. The lowest BCUT2D eigenvalue weighted by molar-refractivity contribution is -0.124. The fourth-order valence-corrected chi connectivity index (χ4v) is 4.20. The van der Waals surface area contributed by atoms with E-state index in [1.807, 2.05) is 0 Å². The molecule has 1 aliphatic rings. The van der Waals surface area contributed by atoms with Crippen LogP contribution in [-0.4, -0.2) is 55.6 Å². The predicted octanol–water partition coefficient (Wildman–Crippen LogP) is 4.25. The molecule has 10 heteroatoms. The molecule has 202 valence electrons. The van der Waals surface area contributed by atoms with E-state index in [2.05, 4.69) is 5.32 Å². The minimum absolute atomic E-state index is 0.118. The molecule has 0 aliphatic carbocycles. The summed E-state index contributed by atoms with van der Waals surface area (Å²) in [6, 6.07) is 18.4. The van der Waals surface area contributed by atoms with Crippen LogP contribution in [0, 0.1) is 0 Å². The van der Waals surface area contributed by atoms with E-state index in [0.29, 0.717) is 28.4 Å². The molecule has 3 aromatic carbocycles. The van der Waals surface area contributed by atoms with E-state index in [4.69, 9.17) is 14.2 Å². The van der Waals surface area contributed by atoms with Gasteiger partial charge in [0.25, 0.3) is 5.91 Å². The monoisotopic (exact) mass is 531 g/mol. The Labute approximate surface area is 226 Å². The number of hydrogen-bond acceptors (Lipinski definition) is 7. The average Bonchev–Trinajstić information content (AvgIpc) is 3.17. The maximum atomic E-state index is 13.5. The van der Waals surface area contributed by atoms with Crippen molar-refractivity contribution in [3.8, 4) is 11.5 Å². The van der Waals surface area contributed by atoms with Crippen LogP contribution in [0.1, 0.15) is 29.3 Å². The van der Waals surface area contributed by atoms with Gasteiger partial charge in [-0.25, -0.2) is 14.5 Å². The lowest BCUT2D eigenvalue weighted by atomic mass is 10.1. The number of urea groups is 1. The van der Waals surface area contributed by atoms with Crippen molar-refractivity contribution < 1.29 is 33.4 Å². The number of nitrogens with one attached hydrogen (secondary N) is 1. The lowest BCUT2D eigenvalue weighted by Gasteiger charge is -2.22. The average molecular weight is 532 g/mol. The molecule has 3 aromatic rings. The van der Waals surface area contributed by atoms with Gasteiger partial charge in [-0.15, -0.1) is 0 Å². The maximum Gasteiger partial charge on any atom is 0.338 e. The zero-order valence-corrected chi connectivity index (χ0v) is 21.9. The Kier molecular flexibility index (Phi) is 8.45. The molecule has 0 radical (unpaired) electrons. The molecule has 39 heavy (non-hydrogen) atoms. The molecular formula is C29H29N3O7. The standard InChI is InChI=1S/C29H29N3O7/c1-4-39-28(35)20-7-9-21(10-8-20)30-26(33)17-25-27(34)32(22-11-15-24(38-3)16-12-22)29(36)31(25)18-19-5-13-23(37-2)14-6-19/h5-16,25H,4,17-18H2,1-3H3,(H,30,33)/t25-/m0/s1. The number of hydrogen-bond donors (Lipinski definition) is 1. The van der Waals surface area contributed by atoms with E-state index >= 15 is 0 Å². The number of anilines is 2. The number of benzene rings is 3. The van der Waals surface area contributed by atoms with Crippen molar-refractivity contribution in [2.45, 2.75) is 25.9 Å². The summed E-state index contributed by atoms with van der Waals surface area (Å²) in [6.45, 7) is 2.09. The van der Waals surface area contributed by atoms with Crippen LogP contribution in [0.25, 0.3) is 0 Å². The van der Waals surface area contributed by atoms with Gasteiger partial charge in [-0.3, -0.25) is 9.59 Å². The van der Waals surface area contributed by atoms with E-state index in [1.54, 1.807) is 86.8 Å². The third-order valence-electron chi connectivity index (χ3n) is 6.22. The number of ether oxygens (including phenoxy) is 3. The summed E-state index contributed by atoms with van der Waals surface area (Å²) in [5, 5.41) is 2.74. The molecule has 1 saturated heterocycles. The van der Waals surface area contributed by atoms with Gasteiger partial charge >= 0.3 is 12.0 Å². The quantitative estimate of drug-likeness (QED) is 0.307. The van der Waals surface area contributed by atoms with Gasteiger partial charge in [-0.2, -0.15) is 0 Å². The first kappa shape index (κ1) is 27.2. The van der Waals surface area contributed by atoms with Crippen molar-refractivity contribution in [1.29, 1.82) is 0 Å².